The van der Waals surface area contributed by atoms with E-state index < -0.39 is 0 Å². The summed E-state index contributed by atoms with van der Waals surface area (Å²) >= 11 is 0. The molecule has 0 unspecified atom stereocenters. The van der Waals surface area contributed by atoms with E-state index in [4.69, 9.17) is 0 Å². The second kappa shape index (κ2) is 16.4. The van der Waals surface area contributed by atoms with Crippen LogP contribution in [0.1, 0.15) is 134 Å². The summed E-state index contributed by atoms with van der Waals surface area (Å²) in [6, 6.07) is 63.1. The van der Waals surface area contributed by atoms with Crippen LogP contribution in [-0.4, -0.2) is 6.71 Å². The number of anilines is 9. The van der Waals surface area contributed by atoms with Gasteiger partial charge in [-0.1, -0.05) is 179 Å². The van der Waals surface area contributed by atoms with E-state index in [0.717, 1.165) is 29.9 Å². The van der Waals surface area contributed by atoms with E-state index in [1.54, 1.807) is 0 Å². The van der Waals surface area contributed by atoms with Crippen LogP contribution < -0.4 is 31.1 Å². The minimum atomic E-state index is -0.0583. The molecule has 2 aliphatic heterocycles. The maximum atomic E-state index is 2.73. The first-order valence-electron chi connectivity index (χ1n) is 27.0. The zero-order valence-electron chi connectivity index (χ0n) is 45.6. The van der Waals surface area contributed by atoms with E-state index in [2.05, 4.69) is 269 Å². The second-order valence-corrected chi connectivity index (χ2v) is 25.8. The largest absolute Gasteiger partial charge is 0.311 e. The molecule has 8 aromatic rings. The molecule has 4 aliphatic rings. The highest BCUT2D eigenvalue weighted by atomic mass is 15.2. The molecule has 12 rings (SSSR count). The van der Waals surface area contributed by atoms with Gasteiger partial charge in [0, 0.05) is 45.5 Å². The van der Waals surface area contributed by atoms with Crippen molar-refractivity contribution in [1.29, 1.82) is 0 Å². The molecule has 0 aromatic heterocycles. The van der Waals surface area contributed by atoms with Gasteiger partial charge in [0.05, 0.1) is 5.69 Å². The van der Waals surface area contributed by atoms with Crippen molar-refractivity contribution in [2.24, 2.45) is 0 Å². The van der Waals surface area contributed by atoms with Gasteiger partial charge in [-0.15, -0.1) is 0 Å². The van der Waals surface area contributed by atoms with Gasteiger partial charge in [-0.05, 0) is 187 Å². The molecule has 0 N–H and O–H groups in total. The van der Waals surface area contributed by atoms with Crippen molar-refractivity contribution in [3.63, 3.8) is 0 Å². The lowest BCUT2D eigenvalue weighted by atomic mass is 9.33. The highest BCUT2D eigenvalue weighted by Gasteiger charge is 2.49. The minimum absolute atomic E-state index is 0.00258. The Morgan fingerprint density at radius 1 is 0.411 bits per heavy atom. The molecule has 0 radical (unpaired) electrons. The average molecular weight is 954 g/mol. The number of aryl methyl sites for hydroxylation is 2. The summed E-state index contributed by atoms with van der Waals surface area (Å²) in [5, 5.41) is 0. The van der Waals surface area contributed by atoms with Crippen LogP contribution in [0.25, 0.3) is 11.1 Å². The van der Waals surface area contributed by atoms with Gasteiger partial charge in [0.15, 0.2) is 0 Å². The maximum absolute atomic E-state index is 2.73. The summed E-state index contributed by atoms with van der Waals surface area (Å²) in [4.78, 5) is 7.87. The third kappa shape index (κ3) is 7.52. The zero-order valence-corrected chi connectivity index (χ0v) is 45.6. The Balaban J connectivity index is 1.26. The summed E-state index contributed by atoms with van der Waals surface area (Å²) in [7, 11) is 0. The highest BCUT2D eigenvalue weighted by Crippen LogP contribution is 2.56. The molecule has 0 bridgehead atoms. The molecule has 0 fully saturated rings. The zero-order chi connectivity index (χ0) is 51.1. The molecule has 73 heavy (non-hydrogen) atoms. The number of para-hydroxylation sites is 2. The number of fused-ring (bicyclic) bond motifs is 6. The molecule has 0 amide bonds. The first-order chi connectivity index (χ1) is 34.6. The Kier molecular flexibility index (Phi) is 10.6. The van der Waals surface area contributed by atoms with Crippen molar-refractivity contribution in [2.45, 2.75) is 136 Å². The average Bonchev–Trinajstić information content (AvgIpc) is 3.54. The third-order valence-electron chi connectivity index (χ3n) is 17.7. The van der Waals surface area contributed by atoms with E-state index in [0.29, 0.717) is 0 Å². The predicted octanol–water partition coefficient (Wildman–Crippen LogP) is 17.1. The Labute approximate surface area is 437 Å². The minimum Gasteiger partial charge on any atom is -0.311 e. The van der Waals surface area contributed by atoms with Gasteiger partial charge in [0.1, 0.15) is 0 Å². The summed E-state index contributed by atoms with van der Waals surface area (Å²) in [6.45, 7) is 31.5. The molecule has 4 heteroatoms. The standard InChI is InChI=1S/C69H72BN3/c1-44-29-31-48(65(3,4)5)37-58(44)72-60-36-47(46-23-17-14-18-24-46)30-32-56(60)70-57-40-53-55(69(12,13)43-68(53,10)11)42-61(57)73(59-41-54-52(35-45(59)2)66(6,7)33-34-67(54,8)9)63-39-51(38-62(72)64(63)70)71(49-25-19-15-20-26-49)50-27-21-16-22-28-50/h14-32,35-42H,33-34,43H2,1-13H3. The van der Waals surface area contributed by atoms with Gasteiger partial charge in [-0.3, -0.25) is 0 Å². The van der Waals surface area contributed by atoms with Crippen LogP contribution in [0.5, 0.6) is 0 Å². The number of nitrogens with zero attached hydrogens (tertiary/aromatic N) is 3. The summed E-state index contributed by atoms with van der Waals surface area (Å²) in [6.07, 6.45) is 3.44. The number of rotatable bonds is 6. The first-order valence-corrected chi connectivity index (χ1v) is 27.0. The van der Waals surface area contributed by atoms with Crippen molar-refractivity contribution >= 4 is 74.3 Å². The summed E-state index contributed by atoms with van der Waals surface area (Å²) < 4.78 is 0. The lowest BCUT2D eigenvalue weighted by Crippen LogP contribution is -2.61. The van der Waals surface area contributed by atoms with Crippen molar-refractivity contribution in [1.82, 2.24) is 0 Å². The van der Waals surface area contributed by atoms with E-state index in [9.17, 15) is 0 Å². The number of benzene rings is 8. The Bertz CT molecular complexity index is 3460. The lowest BCUT2D eigenvalue weighted by Gasteiger charge is -2.47. The fraction of sp³-hybridized carbons (Fsp3) is 0.304. The van der Waals surface area contributed by atoms with Gasteiger partial charge >= 0.3 is 0 Å². The van der Waals surface area contributed by atoms with Crippen LogP contribution in [0.15, 0.2) is 164 Å². The van der Waals surface area contributed by atoms with E-state index in [1.807, 2.05) is 0 Å². The highest BCUT2D eigenvalue weighted by molar-refractivity contribution is 7.00. The van der Waals surface area contributed by atoms with Crippen molar-refractivity contribution in [2.75, 3.05) is 14.7 Å². The second-order valence-electron chi connectivity index (χ2n) is 25.8. The van der Waals surface area contributed by atoms with Gasteiger partial charge in [0.2, 0.25) is 0 Å². The quantitative estimate of drug-likeness (QED) is 0.154. The normalized spacial score (nSPS) is 17.3. The molecule has 2 aliphatic carbocycles. The Morgan fingerprint density at radius 3 is 1.48 bits per heavy atom. The predicted molar refractivity (Wildman–Crippen MR) is 315 cm³/mol. The van der Waals surface area contributed by atoms with Crippen LogP contribution in [-0.2, 0) is 27.1 Å². The van der Waals surface area contributed by atoms with Crippen LogP contribution >= 0.6 is 0 Å². The lowest BCUT2D eigenvalue weighted by molar-refractivity contribution is 0.332. The van der Waals surface area contributed by atoms with Crippen molar-refractivity contribution in [3.05, 3.63) is 203 Å². The van der Waals surface area contributed by atoms with E-state index in [-0.39, 0.29) is 33.8 Å². The van der Waals surface area contributed by atoms with Crippen LogP contribution in [0.2, 0.25) is 0 Å². The topological polar surface area (TPSA) is 9.72 Å². The first kappa shape index (κ1) is 47.2. The van der Waals surface area contributed by atoms with Gasteiger partial charge in [-0.25, -0.2) is 0 Å². The third-order valence-corrected chi connectivity index (χ3v) is 17.7. The molecular weight excluding hydrogens is 882 g/mol. The molecule has 0 atom stereocenters. The Hall–Kier alpha value is -6.78. The monoisotopic (exact) mass is 954 g/mol. The van der Waals surface area contributed by atoms with Crippen LogP contribution in [0.4, 0.5) is 51.2 Å². The van der Waals surface area contributed by atoms with Gasteiger partial charge < -0.3 is 14.7 Å². The summed E-state index contributed by atoms with van der Waals surface area (Å²) in [5.74, 6) is 0. The molecule has 366 valence electrons. The maximum Gasteiger partial charge on any atom is 0.252 e. The molecule has 8 aromatic carbocycles. The molecule has 0 spiro atoms. The van der Waals surface area contributed by atoms with Crippen molar-refractivity contribution < 1.29 is 0 Å². The van der Waals surface area contributed by atoms with Gasteiger partial charge in [0.25, 0.3) is 6.71 Å². The molecular formula is C69H72BN3. The van der Waals surface area contributed by atoms with Gasteiger partial charge in [-0.2, -0.15) is 0 Å². The van der Waals surface area contributed by atoms with Crippen LogP contribution in [0.3, 0.4) is 0 Å². The number of hydrogen-bond donors (Lipinski definition) is 0. The fourth-order valence-corrected chi connectivity index (χ4v) is 13.8. The van der Waals surface area contributed by atoms with E-state index in [1.165, 1.54) is 107 Å². The van der Waals surface area contributed by atoms with Crippen molar-refractivity contribution in [3.8, 4) is 11.1 Å². The molecule has 2 heterocycles. The molecule has 0 saturated carbocycles. The summed E-state index contributed by atoms with van der Waals surface area (Å²) in [5.41, 5.74) is 27.2. The van der Waals surface area contributed by atoms with Crippen LogP contribution in [0, 0.1) is 13.8 Å². The smallest absolute Gasteiger partial charge is 0.252 e. The number of hydrogen-bond acceptors (Lipinski definition) is 3. The van der Waals surface area contributed by atoms with E-state index >= 15 is 0 Å². The Morgan fingerprint density at radius 2 is 0.904 bits per heavy atom. The molecule has 3 nitrogen and oxygen atoms in total. The SMILES string of the molecule is Cc1ccc(C(C)(C)C)cc1N1c2cc(-c3ccccc3)ccc2B2c3cc4c(cc3N(c3cc5c(cc3C)C(C)(C)CCC5(C)C)c3cc(N(c5ccccc5)c5ccccc5)cc1c32)C(C)(C)CC4(C)C. The molecule has 0 saturated heterocycles. The fourth-order valence-electron chi connectivity index (χ4n) is 13.8.